The van der Waals surface area contributed by atoms with E-state index in [4.69, 9.17) is 5.84 Å². The van der Waals surface area contributed by atoms with Crippen molar-refractivity contribution in [1.82, 2.24) is 9.97 Å². The highest BCUT2D eigenvalue weighted by atomic mass is 32.2. The Morgan fingerprint density at radius 1 is 1.50 bits per heavy atom. The molecule has 1 aromatic heterocycles. The minimum Gasteiger partial charge on any atom is -0.369 e. The average molecular weight is 239 g/mol. The molecule has 6 heteroatoms. The second kappa shape index (κ2) is 5.36. The maximum atomic E-state index is 5.37. The Morgan fingerprint density at radius 2 is 2.31 bits per heavy atom. The van der Waals surface area contributed by atoms with Gasteiger partial charge in [-0.3, -0.25) is 0 Å². The lowest BCUT2D eigenvalue weighted by Gasteiger charge is -2.13. The molecule has 1 fully saturated rings. The van der Waals surface area contributed by atoms with Crippen molar-refractivity contribution in [3.63, 3.8) is 0 Å². The van der Waals surface area contributed by atoms with Gasteiger partial charge in [-0.15, -0.1) is 0 Å². The standard InChI is InChI=1S/C10H17N5S/c1-7-9(13-6-14-10(7)15-11)12-4-8-2-3-16-5-8/h6,8H,2-5,11H2,1H3,(H2,12,13,14,15). The van der Waals surface area contributed by atoms with E-state index in [0.717, 1.165) is 23.8 Å². The number of hydrogen-bond donors (Lipinski definition) is 3. The molecule has 88 valence electrons. The van der Waals surface area contributed by atoms with Crippen molar-refractivity contribution in [2.45, 2.75) is 13.3 Å². The molecule has 1 atom stereocenters. The quantitative estimate of drug-likeness (QED) is 0.542. The molecule has 0 bridgehead atoms. The van der Waals surface area contributed by atoms with Gasteiger partial charge >= 0.3 is 0 Å². The van der Waals surface area contributed by atoms with Crippen LogP contribution < -0.4 is 16.6 Å². The molecule has 16 heavy (non-hydrogen) atoms. The van der Waals surface area contributed by atoms with Gasteiger partial charge in [0, 0.05) is 12.1 Å². The van der Waals surface area contributed by atoms with Gasteiger partial charge in [0.25, 0.3) is 0 Å². The fourth-order valence-corrected chi connectivity index (χ4v) is 3.04. The van der Waals surface area contributed by atoms with Crippen molar-refractivity contribution in [3.8, 4) is 0 Å². The summed E-state index contributed by atoms with van der Waals surface area (Å²) in [6.45, 7) is 2.94. The van der Waals surface area contributed by atoms with E-state index in [1.807, 2.05) is 18.7 Å². The van der Waals surface area contributed by atoms with Crippen LogP contribution >= 0.6 is 11.8 Å². The monoisotopic (exact) mass is 239 g/mol. The summed E-state index contributed by atoms with van der Waals surface area (Å²) in [6, 6.07) is 0. The maximum Gasteiger partial charge on any atom is 0.148 e. The van der Waals surface area contributed by atoms with Crippen LogP contribution in [0.1, 0.15) is 12.0 Å². The van der Waals surface area contributed by atoms with Crippen LogP contribution in [0.5, 0.6) is 0 Å². The minimum atomic E-state index is 0.679. The number of hydrogen-bond acceptors (Lipinski definition) is 6. The van der Waals surface area contributed by atoms with Gasteiger partial charge in [0.1, 0.15) is 18.0 Å². The zero-order chi connectivity index (χ0) is 11.4. The first-order valence-corrected chi connectivity index (χ1v) is 6.56. The number of thioether (sulfide) groups is 1. The number of nitrogen functional groups attached to an aromatic ring is 1. The largest absolute Gasteiger partial charge is 0.369 e. The number of anilines is 2. The lowest BCUT2D eigenvalue weighted by Crippen LogP contribution is -2.17. The second-order valence-electron chi connectivity index (χ2n) is 3.95. The highest BCUT2D eigenvalue weighted by Crippen LogP contribution is 2.24. The molecule has 4 N–H and O–H groups in total. The van der Waals surface area contributed by atoms with Crippen molar-refractivity contribution >= 4 is 23.4 Å². The van der Waals surface area contributed by atoms with E-state index >= 15 is 0 Å². The van der Waals surface area contributed by atoms with Crippen LogP contribution in [0.4, 0.5) is 11.6 Å². The molecule has 0 spiro atoms. The van der Waals surface area contributed by atoms with Crippen LogP contribution in [0.2, 0.25) is 0 Å². The topological polar surface area (TPSA) is 75.9 Å². The predicted molar refractivity (Wildman–Crippen MR) is 68.5 cm³/mol. The van der Waals surface area contributed by atoms with E-state index in [1.165, 1.54) is 24.3 Å². The van der Waals surface area contributed by atoms with Crippen LogP contribution in [0, 0.1) is 12.8 Å². The van der Waals surface area contributed by atoms with Gasteiger partial charge in [0.15, 0.2) is 0 Å². The molecule has 1 aromatic rings. The molecule has 2 heterocycles. The summed E-state index contributed by atoms with van der Waals surface area (Å²) < 4.78 is 0. The van der Waals surface area contributed by atoms with Crippen LogP contribution in [0.25, 0.3) is 0 Å². The maximum absolute atomic E-state index is 5.37. The van der Waals surface area contributed by atoms with E-state index < -0.39 is 0 Å². The Balaban J connectivity index is 1.97. The summed E-state index contributed by atoms with van der Waals surface area (Å²) in [7, 11) is 0. The first-order valence-electron chi connectivity index (χ1n) is 5.41. The minimum absolute atomic E-state index is 0.679. The van der Waals surface area contributed by atoms with E-state index in [2.05, 4.69) is 20.7 Å². The fraction of sp³-hybridized carbons (Fsp3) is 0.600. The highest BCUT2D eigenvalue weighted by molar-refractivity contribution is 7.99. The van der Waals surface area contributed by atoms with Gasteiger partial charge in [-0.05, 0) is 30.8 Å². The Labute approximate surface area is 99.6 Å². The summed E-state index contributed by atoms with van der Waals surface area (Å²) in [5.74, 6) is 10.2. The van der Waals surface area contributed by atoms with Crippen molar-refractivity contribution in [3.05, 3.63) is 11.9 Å². The van der Waals surface area contributed by atoms with Crippen molar-refractivity contribution in [2.24, 2.45) is 11.8 Å². The molecule has 0 amide bonds. The van der Waals surface area contributed by atoms with E-state index in [0.29, 0.717) is 5.82 Å². The molecule has 1 unspecified atom stereocenters. The summed E-state index contributed by atoms with van der Waals surface area (Å²) >= 11 is 2.02. The third kappa shape index (κ3) is 2.56. The second-order valence-corrected chi connectivity index (χ2v) is 5.10. The number of nitrogens with zero attached hydrogens (tertiary/aromatic N) is 2. The molecule has 1 aliphatic rings. The molecular weight excluding hydrogens is 222 g/mol. The first-order chi connectivity index (χ1) is 7.81. The number of aromatic nitrogens is 2. The number of rotatable bonds is 4. The molecular formula is C10H17N5S. The molecule has 1 saturated heterocycles. The number of nitrogens with two attached hydrogens (primary N) is 1. The molecule has 1 aliphatic heterocycles. The van der Waals surface area contributed by atoms with Gasteiger partial charge in [0.2, 0.25) is 0 Å². The van der Waals surface area contributed by atoms with Gasteiger partial charge in [-0.2, -0.15) is 11.8 Å². The molecule has 5 nitrogen and oxygen atoms in total. The molecule has 2 rings (SSSR count). The van der Waals surface area contributed by atoms with Gasteiger partial charge in [-0.25, -0.2) is 15.8 Å². The Hall–Kier alpha value is -1.01. The zero-order valence-electron chi connectivity index (χ0n) is 9.36. The van der Waals surface area contributed by atoms with Gasteiger partial charge < -0.3 is 10.7 Å². The Bertz CT molecular complexity index is 351. The van der Waals surface area contributed by atoms with Crippen molar-refractivity contribution in [2.75, 3.05) is 28.8 Å². The summed E-state index contributed by atoms with van der Waals surface area (Å²) in [4.78, 5) is 8.27. The lowest BCUT2D eigenvalue weighted by atomic mass is 10.1. The Kier molecular flexibility index (Phi) is 3.84. The van der Waals surface area contributed by atoms with Crippen LogP contribution in [0.15, 0.2) is 6.33 Å². The van der Waals surface area contributed by atoms with Crippen LogP contribution in [-0.2, 0) is 0 Å². The van der Waals surface area contributed by atoms with Crippen LogP contribution in [0.3, 0.4) is 0 Å². The molecule has 0 aromatic carbocycles. The normalized spacial score (nSPS) is 19.8. The predicted octanol–water partition coefficient (Wildman–Crippen LogP) is 1.24. The van der Waals surface area contributed by atoms with Crippen LogP contribution in [-0.4, -0.2) is 28.0 Å². The summed E-state index contributed by atoms with van der Waals surface area (Å²) in [5, 5.41) is 3.37. The zero-order valence-corrected chi connectivity index (χ0v) is 10.2. The number of nitrogens with one attached hydrogen (secondary N) is 2. The molecule has 0 saturated carbocycles. The third-order valence-corrected chi connectivity index (χ3v) is 4.03. The summed E-state index contributed by atoms with van der Waals surface area (Å²) in [5.41, 5.74) is 3.54. The third-order valence-electron chi connectivity index (χ3n) is 2.80. The lowest BCUT2D eigenvalue weighted by molar-refractivity contribution is 0.630. The summed E-state index contributed by atoms with van der Waals surface area (Å²) in [6.07, 6.45) is 2.82. The van der Waals surface area contributed by atoms with Gasteiger partial charge in [0.05, 0.1) is 0 Å². The fourth-order valence-electron chi connectivity index (χ4n) is 1.76. The average Bonchev–Trinajstić information content (AvgIpc) is 2.81. The smallest absolute Gasteiger partial charge is 0.148 e. The molecule has 0 radical (unpaired) electrons. The SMILES string of the molecule is Cc1c(NN)ncnc1NCC1CCSC1. The van der Waals surface area contributed by atoms with E-state index in [-0.39, 0.29) is 0 Å². The van der Waals surface area contributed by atoms with Gasteiger partial charge in [-0.1, -0.05) is 0 Å². The first kappa shape index (κ1) is 11.5. The van der Waals surface area contributed by atoms with E-state index in [1.54, 1.807) is 0 Å². The van der Waals surface area contributed by atoms with Crippen molar-refractivity contribution < 1.29 is 0 Å². The molecule has 0 aliphatic carbocycles. The highest BCUT2D eigenvalue weighted by Gasteiger charge is 2.15. The Morgan fingerprint density at radius 3 is 3.00 bits per heavy atom. The van der Waals surface area contributed by atoms with E-state index in [9.17, 15) is 0 Å². The number of hydrazine groups is 1. The van der Waals surface area contributed by atoms with Crippen molar-refractivity contribution in [1.29, 1.82) is 0 Å².